The van der Waals surface area contributed by atoms with Crippen LogP contribution in [-0.2, 0) is 4.79 Å². The molecule has 1 amide bonds. The molecular weight excluding hydrogens is 168 g/mol. The predicted molar refractivity (Wildman–Crippen MR) is 52.2 cm³/mol. The molecule has 1 atom stereocenters. The van der Waals surface area contributed by atoms with Crippen molar-refractivity contribution in [1.82, 2.24) is 4.90 Å². The van der Waals surface area contributed by atoms with E-state index in [4.69, 9.17) is 10.8 Å². The first-order valence-electron chi connectivity index (χ1n) is 4.60. The Kier molecular flexibility index (Phi) is 5.66. The number of rotatable bonds is 5. The SMILES string of the molecule is CC(C)CCN(C)C(=O)C(N)CO. The fourth-order valence-electron chi connectivity index (χ4n) is 0.923. The molecule has 4 heteroatoms. The van der Waals surface area contributed by atoms with Crippen molar-refractivity contribution < 1.29 is 9.90 Å². The third kappa shape index (κ3) is 4.85. The number of amides is 1. The maximum absolute atomic E-state index is 11.3. The molecule has 4 nitrogen and oxygen atoms in total. The van der Waals surface area contributed by atoms with Gasteiger partial charge in [-0.05, 0) is 12.3 Å². The summed E-state index contributed by atoms with van der Waals surface area (Å²) in [5, 5.41) is 8.66. The Hall–Kier alpha value is -0.610. The number of carbonyl (C=O) groups excluding carboxylic acids is 1. The van der Waals surface area contributed by atoms with Crippen LogP contribution in [0.1, 0.15) is 20.3 Å². The molecule has 0 aromatic carbocycles. The lowest BCUT2D eigenvalue weighted by Gasteiger charge is -2.20. The third-order valence-corrected chi connectivity index (χ3v) is 1.93. The Balaban J connectivity index is 3.82. The van der Waals surface area contributed by atoms with Crippen molar-refractivity contribution in [3.8, 4) is 0 Å². The Bertz CT molecular complexity index is 160. The van der Waals surface area contributed by atoms with Crippen molar-refractivity contribution in [2.75, 3.05) is 20.2 Å². The van der Waals surface area contributed by atoms with Gasteiger partial charge in [-0.25, -0.2) is 0 Å². The molecular formula is C9H20N2O2. The highest BCUT2D eigenvalue weighted by Gasteiger charge is 2.16. The number of aliphatic hydroxyl groups excluding tert-OH is 1. The summed E-state index contributed by atoms with van der Waals surface area (Å²) in [6.07, 6.45) is 0.959. The number of hydrogen-bond donors (Lipinski definition) is 2. The Morgan fingerprint density at radius 2 is 2.08 bits per heavy atom. The molecule has 0 aliphatic heterocycles. The molecule has 0 saturated heterocycles. The van der Waals surface area contributed by atoms with Crippen molar-refractivity contribution in [3.63, 3.8) is 0 Å². The second-order valence-corrected chi connectivity index (χ2v) is 3.73. The van der Waals surface area contributed by atoms with Crippen LogP contribution in [0.5, 0.6) is 0 Å². The first kappa shape index (κ1) is 12.4. The van der Waals surface area contributed by atoms with Crippen LogP contribution >= 0.6 is 0 Å². The van der Waals surface area contributed by atoms with Gasteiger partial charge in [0.15, 0.2) is 0 Å². The molecule has 0 rings (SSSR count). The summed E-state index contributed by atoms with van der Waals surface area (Å²) >= 11 is 0. The number of nitrogens with zero attached hydrogens (tertiary/aromatic N) is 1. The normalized spacial score (nSPS) is 13.1. The molecule has 0 heterocycles. The summed E-state index contributed by atoms with van der Waals surface area (Å²) in [4.78, 5) is 12.9. The number of aliphatic hydroxyl groups is 1. The van der Waals surface area contributed by atoms with Gasteiger partial charge in [-0.1, -0.05) is 13.8 Å². The Labute approximate surface area is 79.7 Å². The standard InChI is InChI=1S/C9H20N2O2/c1-7(2)4-5-11(3)9(13)8(10)6-12/h7-8,12H,4-6,10H2,1-3H3. The van der Waals surface area contributed by atoms with E-state index in [1.807, 2.05) is 0 Å². The zero-order valence-corrected chi connectivity index (χ0v) is 8.66. The molecule has 0 aromatic rings. The number of nitrogens with two attached hydrogens (primary N) is 1. The zero-order valence-electron chi connectivity index (χ0n) is 8.66. The van der Waals surface area contributed by atoms with Gasteiger partial charge < -0.3 is 15.7 Å². The van der Waals surface area contributed by atoms with Crippen molar-refractivity contribution in [3.05, 3.63) is 0 Å². The minimum Gasteiger partial charge on any atom is -0.394 e. The Morgan fingerprint density at radius 3 is 2.46 bits per heavy atom. The molecule has 0 spiro atoms. The highest BCUT2D eigenvalue weighted by molar-refractivity contribution is 5.81. The molecule has 78 valence electrons. The van der Waals surface area contributed by atoms with Gasteiger partial charge in [0.2, 0.25) is 5.91 Å². The second kappa shape index (κ2) is 5.94. The minimum atomic E-state index is -0.767. The first-order chi connectivity index (χ1) is 5.99. The molecule has 3 N–H and O–H groups in total. The summed E-state index contributed by atoms with van der Waals surface area (Å²) < 4.78 is 0. The summed E-state index contributed by atoms with van der Waals surface area (Å²) in [7, 11) is 1.71. The number of hydrogen-bond acceptors (Lipinski definition) is 3. The van der Waals surface area contributed by atoms with Crippen molar-refractivity contribution in [2.24, 2.45) is 11.7 Å². The topological polar surface area (TPSA) is 66.6 Å². The van der Waals surface area contributed by atoms with Crippen LogP contribution in [-0.4, -0.2) is 42.2 Å². The van der Waals surface area contributed by atoms with Crippen LogP contribution in [0.15, 0.2) is 0 Å². The average Bonchev–Trinajstić information content (AvgIpc) is 2.11. The molecule has 0 saturated carbocycles. The van der Waals surface area contributed by atoms with E-state index in [1.165, 1.54) is 0 Å². The molecule has 0 fully saturated rings. The highest BCUT2D eigenvalue weighted by atomic mass is 16.3. The quantitative estimate of drug-likeness (QED) is 0.628. The molecule has 0 aromatic heterocycles. The van der Waals surface area contributed by atoms with E-state index in [-0.39, 0.29) is 12.5 Å². The maximum atomic E-state index is 11.3. The highest BCUT2D eigenvalue weighted by Crippen LogP contribution is 2.01. The van der Waals surface area contributed by atoms with E-state index >= 15 is 0 Å². The fraction of sp³-hybridized carbons (Fsp3) is 0.889. The molecule has 0 aliphatic rings. The van der Waals surface area contributed by atoms with Gasteiger partial charge in [0.1, 0.15) is 6.04 Å². The van der Waals surface area contributed by atoms with E-state index in [0.717, 1.165) is 6.42 Å². The van der Waals surface area contributed by atoms with Gasteiger partial charge >= 0.3 is 0 Å². The van der Waals surface area contributed by atoms with Gasteiger partial charge in [0.25, 0.3) is 0 Å². The molecule has 0 aliphatic carbocycles. The number of likely N-dealkylation sites (N-methyl/N-ethyl adjacent to an activating group) is 1. The summed E-state index contributed by atoms with van der Waals surface area (Å²) in [6, 6.07) is -0.767. The largest absolute Gasteiger partial charge is 0.394 e. The predicted octanol–water partition coefficient (Wildman–Crippen LogP) is -0.189. The minimum absolute atomic E-state index is 0.192. The molecule has 13 heavy (non-hydrogen) atoms. The van der Waals surface area contributed by atoms with E-state index < -0.39 is 6.04 Å². The van der Waals surface area contributed by atoms with E-state index in [9.17, 15) is 4.79 Å². The molecule has 0 radical (unpaired) electrons. The van der Waals surface area contributed by atoms with Crippen LogP contribution in [0.2, 0.25) is 0 Å². The monoisotopic (exact) mass is 188 g/mol. The van der Waals surface area contributed by atoms with Crippen LogP contribution in [0, 0.1) is 5.92 Å². The van der Waals surface area contributed by atoms with E-state index in [0.29, 0.717) is 12.5 Å². The van der Waals surface area contributed by atoms with E-state index in [1.54, 1.807) is 11.9 Å². The summed E-state index contributed by atoms with van der Waals surface area (Å²) in [5.74, 6) is 0.378. The fourth-order valence-corrected chi connectivity index (χ4v) is 0.923. The van der Waals surface area contributed by atoms with Crippen molar-refractivity contribution >= 4 is 5.91 Å². The second-order valence-electron chi connectivity index (χ2n) is 3.73. The number of carbonyl (C=O) groups is 1. The van der Waals surface area contributed by atoms with Crippen LogP contribution in [0.25, 0.3) is 0 Å². The van der Waals surface area contributed by atoms with Crippen LogP contribution < -0.4 is 5.73 Å². The lowest BCUT2D eigenvalue weighted by atomic mass is 10.1. The van der Waals surface area contributed by atoms with Crippen molar-refractivity contribution in [2.45, 2.75) is 26.3 Å². The van der Waals surface area contributed by atoms with E-state index in [2.05, 4.69) is 13.8 Å². The average molecular weight is 188 g/mol. The maximum Gasteiger partial charge on any atom is 0.241 e. The molecule has 0 bridgehead atoms. The Morgan fingerprint density at radius 1 is 1.54 bits per heavy atom. The first-order valence-corrected chi connectivity index (χ1v) is 4.60. The van der Waals surface area contributed by atoms with Gasteiger partial charge in [0, 0.05) is 13.6 Å². The zero-order chi connectivity index (χ0) is 10.4. The van der Waals surface area contributed by atoms with Gasteiger partial charge in [-0.3, -0.25) is 4.79 Å². The third-order valence-electron chi connectivity index (χ3n) is 1.93. The van der Waals surface area contributed by atoms with Crippen molar-refractivity contribution in [1.29, 1.82) is 0 Å². The van der Waals surface area contributed by atoms with Crippen LogP contribution in [0.3, 0.4) is 0 Å². The van der Waals surface area contributed by atoms with Crippen LogP contribution in [0.4, 0.5) is 0 Å². The summed E-state index contributed by atoms with van der Waals surface area (Å²) in [5.41, 5.74) is 5.38. The molecule has 1 unspecified atom stereocenters. The summed E-state index contributed by atoms with van der Waals surface area (Å²) in [6.45, 7) is 4.61. The van der Waals surface area contributed by atoms with Gasteiger partial charge in [-0.15, -0.1) is 0 Å². The van der Waals surface area contributed by atoms with Gasteiger partial charge in [0.05, 0.1) is 6.61 Å². The lowest BCUT2D eigenvalue weighted by molar-refractivity contribution is -0.132. The smallest absolute Gasteiger partial charge is 0.241 e. The lowest BCUT2D eigenvalue weighted by Crippen LogP contribution is -2.44. The van der Waals surface area contributed by atoms with Gasteiger partial charge in [-0.2, -0.15) is 0 Å².